The van der Waals surface area contributed by atoms with Gasteiger partial charge in [0.15, 0.2) is 6.61 Å². The van der Waals surface area contributed by atoms with E-state index in [1.807, 2.05) is 13.0 Å². The van der Waals surface area contributed by atoms with Gasteiger partial charge in [-0.15, -0.1) is 0 Å². The van der Waals surface area contributed by atoms with Gasteiger partial charge in [0.1, 0.15) is 5.75 Å². The lowest BCUT2D eigenvalue weighted by Gasteiger charge is -2.27. The second kappa shape index (κ2) is 6.21. The average Bonchev–Trinajstić information content (AvgIpc) is 2.47. The van der Waals surface area contributed by atoms with Crippen molar-refractivity contribution >= 4 is 5.91 Å². The number of amides is 1. The quantitative estimate of drug-likeness (QED) is 0.867. The van der Waals surface area contributed by atoms with Gasteiger partial charge < -0.3 is 15.0 Å². The van der Waals surface area contributed by atoms with Gasteiger partial charge in [0.05, 0.1) is 11.6 Å². The highest BCUT2D eigenvalue weighted by molar-refractivity contribution is 5.78. The predicted molar refractivity (Wildman–Crippen MR) is 70.8 cm³/mol. The highest BCUT2D eigenvalue weighted by Gasteiger charge is 2.16. The number of piperazine rings is 1. The largest absolute Gasteiger partial charge is 0.483 e. The van der Waals surface area contributed by atoms with Crippen molar-refractivity contribution in [2.24, 2.45) is 0 Å². The number of nitriles is 1. The van der Waals surface area contributed by atoms with Crippen LogP contribution in [0.4, 0.5) is 0 Å². The number of hydrogen-bond donors (Lipinski definition) is 1. The van der Waals surface area contributed by atoms with Gasteiger partial charge in [-0.3, -0.25) is 4.79 Å². The fraction of sp³-hybridized carbons (Fsp3) is 0.429. The number of rotatable bonds is 3. The fourth-order valence-electron chi connectivity index (χ4n) is 1.97. The molecule has 2 rings (SSSR count). The normalized spacial score (nSPS) is 14.8. The Kier molecular flexibility index (Phi) is 4.37. The molecule has 0 aliphatic carbocycles. The van der Waals surface area contributed by atoms with E-state index in [0.29, 0.717) is 11.3 Å². The number of ether oxygens (including phenoxy) is 1. The molecule has 1 amide bonds. The van der Waals surface area contributed by atoms with Gasteiger partial charge in [-0.2, -0.15) is 5.26 Å². The fourth-order valence-corrected chi connectivity index (χ4v) is 1.97. The summed E-state index contributed by atoms with van der Waals surface area (Å²) in [4.78, 5) is 13.7. The molecule has 19 heavy (non-hydrogen) atoms. The number of benzene rings is 1. The van der Waals surface area contributed by atoms with E-state index in [4.69, 9.17) is 10.00 Å². The summed E-state index contributed by atoms with van der Waals surface area (Å²) in [6.07, 6.45) is 0. The molecule has 0 aromatic heterocycles. The number of carbonyl (C=O) groups excluding carboxylic acids is 1. The van der Waals surface area contributed by atoms with Crippen LogP contribution in [-0.2, 0) is 4.79 Å². The van der Waals surface area contributed by atoms with Crippen molar-refractivity contribution in [1.29, 1.82) is 5.26 Å². The Balaban J connectivity index is 1.94. The van der Waals surface area contributed by atoms with Crippen LogP contribution in [0.3, 0.4) is 0 Å². The second-order valence-electron chi connectivity index (χ2n) is 4.51. The number of aryl methyl sites for hydroxylation is 1. The van der Waals surface area contributed by atoms with Crippen LogP contribution in [0.15, 0.2) is 18.2 Å². The van der Waals surface area contributed by atoms with Crippen LogP contribution in [0.2, 0.25) is 0 Å². The van der Waals surface area contributed by atoms with E-state index in [1.165, 1.54) is 0 Å². The molecule has 5 nitrogen and oxygen atoms in total. The Morgan fingerprint density at radius 2 is 2.21 bits per heavy atom. The Morgan fingerprint density at radius 1 is 1.47 bits per heavy atom. The van der Waals surface area contributed by atoms with E-state index < -0.39 is 0 Å². The monoisotopic (exact) mass is 259 g/mol. The second-order valence-corrected chi connectivity index (χ2v) is 4.51. The van der Waals surface area contributed by atoms with Gasteiger partial charge in [0.2, 0.25) is 0 Å². The van der Waals surface area contributed by atoms with E-state index in [2.05, 4.69) is 11.4 Å². The smallest absolute Gasteiger partial charge is 0.260 e. The van der Waals surface area contributed by atoms with Crippen molar-refractivity contribution in [3.05, 3.63) is 29.3 Å². The van der Waals surface area contributed by atoms with Crippen molar-refractivity contribution in [2.75, 3.05) is 32.8 Å². The lowest BCUT2D eigenvalue weighted by molar-refractivity contribution is -0.133. The van der Waals surface area contributed by atoms with Gasteiger partial charge in [0.25, 0.3) is 5.91 Å². The van der Waals surface area contributed by atoms with E-state index in [1.54, 1.807) is 17.0 Å². The molecule has 1 heterocycles. The summed E-state index contributed by atoms with van der Waals surface area (Å²) < 4.78 is 5.53. The van der Waals surface area contributed by atoms with Crippen molar-refractivity contribution in [1.82, 2.24) is 10.2 Å². The number of nitrogens with zero attached hydrogens (tertiary/aromatic N) is 2. The van der Waals surface area contributed by atoms with E-state index in [-0.39, 0.29) is 12.5 Å². The van der Waals surface area contributed by atoms with E-state index in [0.717, 1.165) is 31.7 Å². The van der Waals surface area contributed by atoms with Crippen LogP contribution in [0.1, 0.15) is 11.1 Å². The van der Waals surface area contributed by atoms with Crippen LogP contribution in [0.5, 0.6) is 5.75 Å². The van der Waals surface area contributed by atoms with Crippen LogP contribution < -0.4 is 10.1 Å². The molecule has 0 atom stereocenters. The SMILES string of the molecule is Cc1ccc(C#N)cc1OCC(=O)N1CCNCC1. The maximum Gasteiger partial charge on any atom is 0.260 e. The van der Waals surface area contributed by atoms with Gasteiger partial charge in [0, 0.05) is 26.2 Å². The van der Waals surface area contributed by atoms with Crippen LogP contribution in [0, 0.1) is 18.3 Å². The van der Waals surface area contributed by atoms with Crippen LogP contribution in [0.25, 0.3) is 0 Å². The average molecular weight is 259 g/mol. The maximum atomic E-state index is 11.9. The van der Waals surface area contributed by atoms with Gasteiger partial charge in [-0.05, 0) is 24.6 Å². The Morgan fingerprint density at radius 3 is 2.89 bits per heavy atom. The van der Waals surface area contributed by atoms with E-state index in [9.17, 15) is 4.79 Å². The molecule has 1 aliphatic rings. The topological polar surface area (TPSA) is 65.4 Å². The highest BCUT2D eigenvalue weighted by Crippen LogP contribution is 2.19. The van der Waals surface area contributed by atoms with Crippen molar-refractivity contribution in [3.8, 4) is 11.8 Å². The molecule has 100 valence electrons. The zero-order valence-electron chi connectivity index (χ0n) is 11.0. The highest BCUT2D eigenvalue weighted by atomic mass is 16.5. The first-order chi connectivity index (χ1) is 9.20. The molecule has 1 aliphatic heterocycles. The summed E-state index contributed by atoms with van der Waals surface area (Å²) in [5, 5.41) is 12.0. The Labute approximate surface area is 112 Å². The van der Waals surface area contributed by atoms with Crippen molar-refractivity contribution < 1.29 is 9.53 Å². The number of nitrogens with one attached hydrogen (secondary N) is 1. The summed E-state index contributed by atoms with van der Waals surface area (Å²) in [6.45, 7) is 5.02. The number of carbonyl (C=O) groups is 1. The molecule has 1 aromatic carbocycles. The Hall–Kier alpha value is -2.06. The summed E-state index contributed by atoms with van der Waals surface area (Å²) in [6, 6.07) is 7.29. The van der Waals surface area contributed by atoms with Crippen LogP contribution >= 0.6 is 0 Å². The molecule has 5 heteroatoms. The minimum absolute atomic E-state index is 0.0109. The van der Waals surface area contributed by atoms with E-state index >= 15 is 0 Å². The molecule has 1 saturated heterocycles. The maximum absolute atomic E-state index is 11.9. The summed E-state index contributed by atoms with van der Waals surface area (Å²) in [5.41, 5.74) is 1.46. The Bertz CT molecular complexity index is 502. The lowest BCUT2D eigenvalue weighted by atomic mass is 10.1. The van der Waals surface area contributed by atoms with Crippen LogP contribution in [-0.4, -0.2) is 43.6 Å². The predicted octanol–water partition coefficient (Wildman–Crippen LogP) is 0.677. The van der Waals surface area contributed by atoms with Crippen molar-refractivity contribution in [3.63, 3.8) is 0 Å². The van der Waals surface area contributed by atoms with Gasteiger partial charge >= 0.3 is 0 Å². The molecule has 1 N–H and O–H groups in total. The molecular formula is C14H17N3O2. The molecule has 0 saturated carbocycles. The first-order valence-electron chi connectivity index (χ1n) is 6.33. The molecule has 0 spiro atoms. The molecule has 0 radical (unpaired) electrons. The summed E-state index contributed by atoms with van der Waals surface area (Å²) in [7, 11) is 0. The lowest BCUT2D eigenvalue weighted by Crippen LogP contribution is -2.47. The van der Waals surface area contributed by atoms with Gasteiger partial charge in [-0.25, -0.2) is 0 Å². The molecular weight excluding hydrogens is 242 g/mol. The standard InChI is InChI=1S/C14H17N3O2/c1-11-2-3-12(9-15)8-13(11)19-10-14(18)17-6-4-16-5-7-17/h2-3,8,16H,4-7,10H2,1H3. The molecule has 1 fully saturated rings. The zero-order chi connectivity index (χ0) is 13.7. The van der Waals surface area contributed by atoms with Gasteiger partial charge in [-0.1, -0.05) is 6.07 Å². The molecule has 0 bridgehead atoms. The minimum atomic E-state index is -0.0109. The first-order valence-corrected chi connectivity index (χ1v) is 6.33. The zero-order valence-corrected chi connectivity index (χ0v) is 11.0. The molecule has 1 aromatic rings. The third-order valence-corrected chi connectivity index (χ3v) is 3.14. The minimum Gasteiger partial charge on any atom is -0.483 e. The number of hydrogen-bond acceptors (Lipinski definition) is 4. The summed E-state index contributed by atoms with van der Waals surface area (Å²) in [5.74, 6) is 0.589. The summed E-state index contributed by atoms with van der Waals surface area (Å²) >= 11 is 0. The molecule has 0 unspecified atom stereocenters. The first kappa shape index (κ1) is 13.4. The van der Waals surface area contributed by atoms with Crippen molar-refractivity contribution in [2.45, 2.75) is 6.92 Å². The third-order valence-electron chi connectivity index (χ3n) is 3.14. The third kappa shape index (κ3) is 3.46.